The summed E-state index contributed by atoms with van der Waals surface area (Å²) in [4.78, 5) is 21.7. The van der Waals surface area contributed by atoms with Gasteiger partial charge < -0.3 is 4.90 Å². The van der Waals surface area contributed by atoms with E-state index in [0.717, 1.165) is 30.6 Å². The van der Waals surface area contributed by atoms with Crippen molar-refractivity contribution in [2.45, 2.75) is 24.9 Å². The minimum absolute atomic E-state index is 0.00343. The number of carbonyl (C=O) groups excluding carboxylic acids is 1. The van der Waals surface area contributed by atoms with Crippen molar-refractivity contribution >= 4 is 5.91 Å². The Morgan fingerprint density at radius 2 is 1.84 bits per heavy atom. The fourth-order valence-electron chi connectivity index (χ4n) is 5.29. The maximum absolute atomic E-state index is 13.7. The summed E-state index contributed by atoms with van der Waals surface area (Å²) < 4.78 is 27.2. The smallest absolute Gasteiger partial charge is 0.255 e. The van der Waals surface area contributed by atoms with E-state index in [4.69, 9.17) is 0 Å². The fraction of sp³-hybridized carbons (Fsp3) is 0.308. The van der Waals surface area contributed by atoms with E-state index in [-0.39, 0.29) is 35.4 Å². The van der Waals surface area contributed by atoms with Crippen LogP contribution in [0.1, 0.15) is 33.8 Å². The van der Waals surface area contributed by atoms with Crippen molar-refractivity contribution in [1.29, 1.82) is 0 Å². The van der Waals surface area contributed by atoms with Crippen LogP contribution in [-0.2, 0) is 6.54 Å². The molecule has 2 saturated heterocycles. The van der Waals surface area contributed by atoms with Gasteiger partial charge in [-0.1, -0.05) is 24.3 Å². The second kappa shape index (κ2) is 8.79. The largest absolute Gasteiger partial charge is 0.335 e. The quantitative estimate of drug-likeness (QED) is 0.608. The van der Waals surface area contributed by atoms with Gasteiger partial charge in [-0.05, 0) is 53.9 Å². The number of halogens is 2. The monoisotopic (exact) mass is 433 g/mol. The van der Waals surface area contributed by atoms with E-state index >= 15 is 0 Å². The number of hydrogen-bond acceptors (Lipinski definition) is 3. The third kappa shape index (κ3) is 4.15. The van der Waals surface area contributed by atoms with Crippen LogP contribution >= 0.6 is 0 Å². The second-order valence-corrected chi connectivity index (χ2v) is 8.74. The van der Waals surface area contributed by atoms with Gasteiger partial charge in [0.15, 0.2) is 0 Å². The number of hydrogen-bond donors (Lipinski definition) is 0. The van der Waals surface area contributed by atoms with Crippen molar-refractivity contribution in [3.8, 4) is 0 Å². The van der Waals surface area contributed by atoms with Crippen LogP contribution in [0.4, 0.5) is 8.78 Å². The van der Waals surface area contributed by atoms with Crippen LogP contribution in [0.2, 0.25) is 0 Å². The van der Waals surface area contributed by atoms with Gasteiger partial charge in [-0.3, -0.25) is 14.7 Å². The molecule has 0 saturated carbocycles. The highest BCUT2D eigenvalue weighted by Crippen LogP contribution is 2.42. The highest BCUT2D eigenvalue weighted by molar-refractivity contribution is 5.94. The summed E-state index contributed by atoms with van der Waals surface area (Å²) >= 11 is 0. The summed E-state index contributed by atoms with van der Waals surface area (Å²) in [5.74, 6) is -0.144. The third-order valence-electron chi connectivity index (χ3n) is 6.78. The van der Waals surface area contributed by atoms with E-state index in [0.29, 0.717) is 18.7 Å². The van der Waals surface area contributed by atoms with Gasteiger partial charge in [0.2, 0.25) is 0 Å². The number of rotatable bonds is 4. The second-order valence-electron chi connectivity index (χ2n) is 8.74. The van der Waals surface area contributed by atoms with Crippen LogP contribution in [0.25, 0.3) is 0 Å². The Morgan fingerprint density at radius 3 is 2.59 bits per heavy atom. The summed E-state index contributed by atoms with van der Waals surface area (Å²) in [5.41, 5.74) is 2.59. The molecule has 0 spiro atoms. The van der Waals surface area contributed by atoms with E-state index in [1.165, 1.54) is 18.2 Å². The molecule has 2 fully saturated rings. The van der Waals surface area contributed by atoms with Gasteiger partial charge in [0.25, 0.3) is 5.91 Å². The number of carbonyl (C=O) groups is 1. The van der Waals surface area contributed by atoms with Crippen molar-refractivity contribution in [1.82, 2.24) is 14.8 Å². The van der Waals surface area contributed by atoms with Crippen LogP contribution < -0.4 is 0 Å². The summed E-state index contributed by atoms with van der Waals surface area (Å²) in [6.45, 7) is 2.92. The van der Waals surface area contributed by atoms with Gasteiger partial charge in [-0.2, -0.15) is 0 Å². The molecule has 2 aliphatic heterocycles. The van der Waals surface area contributed by atoms with Crippen molar-refractivity contribution in [3.05, 3.63) is 101 Å². The van der Waals surface area contributed by atoms with E-state index in [1.807, 2.05) is 23.1 Å². The average molecular weight is 434 g/mol. The number of aromatic nitrogens is 1. The Bertz CT molecular complexity index is 1090. The Hall–Kier alpha value is -3.12. The van der Waals surface area contributed by atoms with Crippen molar-refractivity contribution in [3.63, 3.8) is 0 Å². The van der Waals surface area contributed by atoms with Crippen LogP contribution in [0.15, 0.2) is 73.1 Å². The molecule has 2 aromatic carbocycles. The number of fused-ring (bicyclic) bond motifs is 1. The molecule has 4 nitrogen and oxygen atoms in total. The van der Waals surface area contributed by atoms with Gasteiger partial charge in [0, 0.05) is 56.5 Å². The normalized spacial score (nSPS) is 23.2. The molecule has 1 aromatic heterocycles. The van der Waals surface area contributed by atoms with Gasteiger partial charge in [0.05, 0.1) is 5.56 Å². The lowest BCUT2D eigenvalue weighted by molar-refractivity contribution is 0.0613. The van der Waals surface area contributed by atoms with Crippen LogP contribution in [0.5, 0.6) is 0 Å². The van der Waals surface area contributed by atoms with Gasteiger partial charge >= 0.3 is 0 Å². The molecular weight excluding hydrogens is 408 g/mol. The van der Waals surface area contributed by atoms with Crippen LogP contribution in [0, 0.1) is 17.6 Å². The molecule has 1 amide bonds. The standard InChI is InChI=1S/C26H25F2N3O/c27-21-8-6-19(7-9-21)23-17-31(26(32)20-4-2-11-29-14-20)25-10-12-30(16-24(23)25)15-18-3-1-5-22(28)13-18/h1-9,11,13-14,23-25H,10,12,15-17H2/t23-,24-,25-/m0/s1. The first-order chi connectivity index (χ1) is 15.6. The Kier molecular flexibility index (Phi) is 5.70. The Morgan fingerprint density at radius 1 is 1.00 bits per heavy atom. The predicted octanol–water partition coefficient (Wildman–Crippen LogP) is 4.49. The zero-order valence-corrected chi connectivity index (χ0v) is 17.7. The number of amides is 1. The first kappa shape index (κ1) is 20.8. The van der Waals surface area contributed by atoms with Gasteiger partial charge in [0.1, 0.15) is 11.6 Å². The predicted molar refractivity (Wildman–Crippen MR) is 118 cm³/mol. The van der Waals surface area contributed by atoms with E-state index < -0.39 is 0 Å². The minimum Gasteiger partial charge on any atom is -0.335 e. The maximum Gasteiger partial charge on any atom is 0.255 e. The molecule has 6 heteroatoms. The summed E-state index contributed by atoms with van der Waals surface area (Å²) in [5, 5.41) is 0. The molecule has 3 aromatic rings. The molecule has 0 N–H and O–H groups in total. The van der Waals surface area contributed by atoms with E-state index in [9.17, 15) is 13.6 Å². The van der Waals surface area contributed by atoms with Crippen molar-refractivity contribution < 1.29 is 13.6 Å². The lowest BCUT2D eigenvalue weighted by atomic mass is 9.81. The molecule has 0 unspecified atom stereocenters. The Balaban J connectivity index is 1.41. The number of pyridine rings is 1. The molecule has 3 atom stereocenters. The highest BCUT2D eigenvalue weighted by Gasteiger charge is 2.47. The van der Waals surface area contributed by atoms with E-state index in [2.05, 4.69) is 9.88 Å². The lowest BCUT2D eigenvalue weighted by Crippen LogP contribution is -2.47. The molecule has 0 radical (unpaired) electrons. The fourth-order valence-corrected chi connectivity index (χ4v) is 5.29. The molecule has 164 valence electrons. The van der Waals surface area contributed by atoms with Gasteiger partial charge in [-0.25, -0.2) is 8.78 Å². The topological polar surface area (TPSA) is 36.4 Å². The average Bonchev–Trinajstić information content (AvgIpc) is 3.18. The van der Waals surface area contributed by atoms with Crippen LogP contribution in [-0.4, -0.2) is 46.4 Å². The third-order valence-corrected chi connectivity index (χ3v) is 6.78. The SMILES string of the molecule is O=C(c1cccnc1)N1C[C@@H](c2ccc(F)cc2)[C@@H]2CN(Cc3cccc(F)c3)CC[C@@H]21. The van der Waals surface area contributed by atoms with Crippen LogP contribution in [0.3, 0.4) is 0 Å². The first-order valence-electron chi connectivity index (χ1n) is 11.0. The first-order valence-corrected chi connectivity index (χ1v) is 11.0. The molecular formula is C26H25F2N3O. The molecule has 32 heavy (non-hydrogen) atoms. The summed E-state index contributed by atoms with van der Waals surface area (Å²) in [6.07, 6.45) is 4.13. The molecule has 2 aliphatic rings. The number of piperidine rings is 1. The van der Waals surface area contributed by atoms with Crippen molar-refractivity contribution in [2.75, 3.05) is 19.6 Å². The Labute approximate surface area is 186 Å². The van der Waals surface area contributed by atoms with E-state index in [1.54, 1.807) is 36.7 Å². The molecule has 3 heterocycles. The molecule has 0 bridgehead atoms. The lowest BCUT2D eigenvalue weighted by Gasteiger charge is -2.39. The number of nitrogens with zero attached hydrogens (tertiary/aromatic N) is 3. The molecule has 0 aliphatic carbocycles. The summed E-state index contributed by atoms with van der Waals surface area (Å²) in [7, 11) is 0. The summed E-state index contributed by atoms with van der Waals surface area (Å²) in [6, 6.07) is 17.1. The minimum atomic E-state index is -0.261. The van der Waals surface area contributed by atoms with Crippen molar-refractivity contribution in [2.24, 2.45) is 5.92 Å². The zero-order valence-electron chi connectivity index (χ0n) is 17.7. The van der Waals surface area contributed by atoms with Gasteiger partial charge in [-0.15, -0.1) is 0 Å². The number of benzene rings is 2. The molecule has 5 rings (SSSR count). The zero-order chi connectivity index (χ0) is 22.1. The highest BCUT2D eigenvalue weighted by atomic mass is 19.1. The number of likely N-dealkylation sites (tertiary alicyclic amines) is 2. The maximum atomic E-state index is 13.7.